The van der Waals surface area contributed by atoms with Crippen molar-refractivity contribution in [2.45, 2.75) is 85.0 Å². The Morgan fingerprint density at radius 3 is 1.04 bits per heavy atom. The fraction of sp³-hybridized carbons (Fsp3) is 0.889. The summed E-state index contributed by atoms with van der Waals surface area (Å²) in [6.07, 6.45) is 3.31. The van der Waals surface area contributed by atoms with Crippen LogP contribution >= 0.6 is 0 Å². The maximum Gasteiger partial charge on any atom is 0.112 e. The van der Waals surface area contributed by atoms with Crippen LogP contribution in [0.25, 0.3) is 0 Å². The number of hydrogen-bond acceptors (Lipinski definition) is 2. The van der Waals surface area contributed by atoms with Gasteiger partial charge in [0.1, 0.15) is 32.9 Å². The summed E-state index contributed by atoms with van der Waals surface area (Å²) in [4.78, 5) is 0. The van der Waals surface area contributed by atoms with Crippen molar-refractivity contribution in [1.29, 1.82) is 0 Å². The van der Waals surface area contributed by atoms with Crippen LogP contribution in [0.15, 0.2) is 12.7 Å². The van der Waals surface area contributed by atoms with Crippen LogP contribution in [0.2, 0.25) is 78.6 Å². The van der Waals surface area contributed by atoms with E-state index in [4.69, 9.17) is 0 Å². The Hall–Kier alpha value is 0.528. The number of nitrogens with zero attached hydrogens (tertiary/aromatic N) is 2. The van der Waals surface area contributed by atoms with Crippen LogP contribution in [-0.2, 0) is 0 Å². The van der Waals surface area contributed by atoms with Gasteiger partial charge in [-0.1, -0.05) is 84.6 Å². The van der Waals surface area contributed by atoms with Crippen molar-refractivity contribution in [2.75, 3.05) is 13.1 Å². The molecule has 0 saturated heterocycles. The molecule has 0 spiro atoms. The minimum absolute atomic E-state index is 0.722. The Labute approximate surface area is 158 Å². The van der Waals surface area contributed by atoms with Gasteiger partial charge in [0.2, 0.25) is 0 Å². The van der Waals surface area contributed by atoms with Crippen molar-refractivity contribution in [3.05, 3.63) is 12.7 Å². The minimum Gasteiger partial charge on any atom is -0.345 e. The van der Waals surface area contributed by atoms with Crippen molar-refractivity contribution >= 4 is 32.9 Å². The van der Waals surface area contributed by atoms with E-state index >= 15 is 0 Å². The van der Waals surface area contributed by atoms with E-state index in [9.17, 15) is 0 Å². The van der Waals surface area contributed by atoms with Crippen molar-refractivity contribution in [2.24, 2.45) is 5.92 Å². The average molecular weight is 403 g/mol. The zero-order valence-corrected chi connectivity index (χ0v) is 22.9. The second-order valence-electron chi connectivity index (χ2n) is 11.3. The molecule has 0 aliphatic carbocycles. The molecule has 2 nitrogen and oxygen atoms in total. The molecule has 0 atom stereocenters. The molecule has 0 rings (SSSR count). The molecule has 0 N–H and O–H groups in total. The molecule has 0 radical (unpaired) electrons. The molecule has 0 aromatic heterocycles. The molecule has 0 aliphatic rings. The normalized spacial score (nSPS) is 14.8. The van der Waals surface area contributed by atoms with Crippen LogP contribution in [0.1, 0.15) is 6.42 Å². The van der Waals surface area contributed by atoms with Crippen molar-refractivity contribution in [3.8, 4) is 0 Å². The van der Waals surface area contributed by atoms with Crippen LogP contribution in [-0.4, -0.2) is 54.5 Å². The predicted octanol–water partition coefficient (Wildman–Crippen LogP) is 6.12. The van der Waals surface area contributed by atoms with Crippen molar-refractivity contribution in [3.63, 3.8) is 0 Å². The highest BCUT2D eigenvalue weighted by Crippen LogP contribution is 2.26. The number of hydrogen-bond donors (Lipinski definition) is 0. The molecule has 0 unspecified atom stereocenters. The van der Waals surface area contributed by atoms with Crippen molar-refractivity contribution < 1.29 is 0 Å². The van der Waals surface area contributed by atoms with Gasteiger partial charge in [0.15, 0.2) is 0 Å². The Morgan fingerprint density at radius 2 is 0.875 bits per heavy atom. The molecular weight excluding hydrogens is 357 g/mol. The van der Waals surface area contributed by atoms with Gasteiger partial charge in [-0.15, -0.1) is 6.58 Å². The molecule has 0 heterocycles. The Balaban J connectivity index is 5.52. The lowest BCUT2D eigenvalue weighted by Crippen LogP contribution is -2.63. The fourth-order valence-corrected chi connectivity index (χ4v) is 23.4. The maximum absolute atomic E-state index is 4.07. The van der Waals surface area contributed by atoms with E-state index < -0.39 is 32.9 Å². The molecule has 0 aromatic carbocycles. The van der Waals surface area contributed by atoms with Gasteiger partial charge >= 0.3 is 0 Å². The zero-order chi connectivity index (χ0) is 19.6. The molecule has 0 aromatic rings. The highest BCUT2D eigenvalue weighted by atomic mass is 28.4. The third-order valence-electron chi connectivity index (χ3n) is 4.62. The van der Waals surface area contributed by atoms with Crippen LogP contribution in [0, 0.1) is 5.92 Å². The van der Waals surface area contributed by atoms with Gasteiger partial charge in [0.25, 0.3) is 0 Å². The lowest BCUT2D eigenvalue weighted by atomic mass is 10.1. The van der Waals surface area contributed by atoms with E-state index in [0.717, 1.165) is 12.3 Å². The standard InChI is InChI=1S/C18H46N2Si4/c1-14-15-18(16-19(21(2,3)4)22(5,6)7)17-20(23(8,9)10)24(11,12)13/h14,18H,1,15-17H2,2-13H3. The molecule has 6 heteroatoms. The van der Waals surface area contributed by atoms with Gasteiger partial charge in [-0.05, 0) is 25.4 Å². The van der Waals surface area contributed by atoms with E-state index in [0.29, 0.717) is 0 Å². The summed E-state index contributed by atoms with van der Waals surface area (Å²) < 4.78 is 5.92. The summed E-state index contributed by atoms with van der Waals surface area (Å²) in [5.41, 5.74) is 0. The first-order valence-electron chi connectivity index (χ1n) is 9.57. The predicted molar refractivity (Wildman–Crippen MR) is 125 cm³/mol. The van der Waals surface area contributed by atoms with E-state index in [-0.39, 0.29) is 0 Å². The Kier molecular flexibility index (Phi) is 8.66. The van der Waals surface area contributed by atoms with E-state index in [1.165, 1.54) is 13.1 Å². The van der Waals surface area contributed by atoms with Gasteiger partial charge in [0.05, 0.1) is 0 Å². The molecule has 0 saturated carbocycles. The summed E-state index contributed by atoms with van der Waals surface area (Å²) in [6, 6.07) is 0. The highest BCUT2D eigenvalue weighted by molar-refractivity contribution is 6.90. The van der Waals surface area contributed by atoms with Crippen LogP contribution < -0.4 is 0 Å². The lowest BCUT2D eigenvalue weighted by Gasteiger charge is -2.49. The van der Waals surface area contributed by atoms with Crippen LogP contribution in [0.5, 0.6) is 0 Å². The molecule has 0 amide bonds. The van der Waals surface area contributed by atoms with Gasteiger partial charge in [-0.3, -0.25) is 0 Å². The van der Waals surface area contributed by atoms with Gasteiger partial charge in [-0.25, -0.2) is 0 Å². The molecule has 24 heavy (non-hydrogen) atoms. The average Bonchev–Trinajstić information content (AvgIpc) is 2.25. The quantitative estimate of drug-likeness (QED) is 0.320. The molecular formula is C18H46N2Si4. The first kappa shape index (κ1) is 24.5. The Morgan fingerprint density at radius 1 is 0.625 bits per heavy atom. The summed E-state index contributed by atoms with van der Waals surface area (Å²) in [5, 5.41) is 0. The zero-order valence-electron chi connectivity index (χ0n) is 18.9. The molecule has 0 aliphatic heterocycles. The SMILES string of the molecule is C=CCC(CN([Si](C)(C)C)[Si](C)(C)C)CN([Si](C)(C)C)[Si](C)(C)C. The third-order valence-corrected chi connectivity index (χ3v) is 19.9. The summed E-state index contributed by atoms with van der Waals surface area (Å²) in [5.74, 6) is 0.722. The smallest absolute Gasteiger partial charge is 0.112 e. The lowest BCUT2D eigenvalue weighted by molar-refractivity contribution is 0.382. The first-order chi connectivity index (χ1) is 10.4. The topological polar surface area (TPSA) is 6.48 Å². The van der Waals surface area contributed by atoms with Gasteiger partial charge < -0.3 is 8.46 Å². The second-order valence-corrected chi connectivity index (χ2v) is 31.7. The monoisotopic (exact) mass is 402 g/mol. The summed E-state index contributed by atoms with van der Waals surface area (Å²) in [6.45, 7) is 36.8. The van der Waals surface area contributed by atoms with E-state index in [1.807, 2.05) is 0 Å². The summed E-state index contributed by atoms with van der Waals surface area (Å²) in [7, 11) is -5.17. The summed E-state index contributed by atoms with van der Waals surface area (Å²) >= 11 is 0. The number of rotatable bonds is 10. The minimum atomic E-state index is -1.29. The Bertz CT molecular complexity index is 335. The first-order valence-corrected chi connectivity index (χ1v) is 23.4. The van der Waals surface area contributed by atoms with Gasteiger partial charge in [0, 0.05) is 0 Å². The molecule has 0 bridgehead atoms. The highest BCUT2D eigenvalue weighted by Gasteiger charge is 2.39. The maximum atomic E-state index is 4.07. The van der Waals surface area contributed by atoms with Crippen LogP contribution in [0.4, 0.5) is 0 Å². The number of allylic oxidation sites excluding steroid dienone is 1. The second kappa shape index (κ2) is 8.48. The van der Waals surface area contributed by atoms with Crippen LogP contribution in [0.3, 0.4) is 0 Å². The molecule has 144 valence electrons. The largest absolute Gasteiger partial charge is 0.345 e. The fourth-order valence-electron chi connectivity index (χ4n) is 4.07. The van der Waals surface area contributed by atoms with Crippen molar-refractivity contribution in [1.82, 2.24) is 8.46 Å². The molecule has 0 fully saturated rings. The van der Waals surface area contributed by atoms with E-state index in [1.54, 1.807) is 0 Å². The van der Waals surface area contributed by atoms with E-state index in [2.05, 4.69) is 99.7 Å². The van der Waals surface area contributed by atoms with Gasteiger partial charge in [-0.2, -0.15) is 0 Å². The third kappa shape index (κ3) is 8.27.